The van der Waals surface area contributed by atoms with Crippen molar-refractivity contribution in [3.05, 3.63) is 28.2 Å². The molecule has 2 rings (SSSR count). The van der Waals surface area contributed by atoms with Crippen LogP contribution < -0.4 is 4.90 Å². The topological polar surface area (TPSA) is 6.48 Å². The molecule has 1 heterocycles. The number of likely N-dealkylation sites (N-methyl/N-ethyl adjacent to an activating group) is 1. The summed E-state index contributed by atoms with van der Waals surface area (Å²) in [6.07, 6.45) is -4.29. The third kappa shape index (κ3) is 2.98. The van der Waals surface area contributed by atoms with E-state index in [1.54, 1.807) is 0 Å². The van der Waals surface area contributed by atoms with Gasteiger partial charge in [-0.2, -0.15) is 13.2 Å². The lowest BCUT2D eigenvalue weighted by Gasteiger charge is -2.34. The van der Waals surface area contributed by atoms with Crippen molar-refractivity contribution < 1.29 is 13.2 Å². The molecule has 0 aromatic heterocycles. The van der Waals surface area contributed by atoms with Gasteiger partial charge in [0, 0.05) is 30.7 Å². The van der Waals surface area contributed by atoms with Crippen LogP contribution >= 0.6 is 15.9 Å². The molecule has 0 unspecified atom stereocenters. The molecule has 1 aromatic carbocycles. The van der Waals surface area contributed by atoms with Gasteiger partial charge in [0.2, 0.25) is 0 Å². The molecule has 1 aliphatic heterocycles. The average molecular weight is 323 g/mol. The van der Waals surface area contributed by atoms with Crippen molar-refractivity contribution in [2.75, 3.05) is 38.1 Å². The van der Waals surface area contributed by atoms with E-state index in [1.165, 1.54) is 6.07 Å². The summed E-state index contributed by atoms with van der Waals surface area (Å²) in [6.45, 7) is 3.52. The van der Waals surface area contributed by atoms with Gasteiger partial charge in [-0.1, -0.05) is 0 Å². The van der Waals surface area contributed by atoms with Gasteiger partial charge >= 0.3 is 6.18 Å². The van der Waals surface area contributed by atoms with Crippen molar-refractivity contribution in [1.82, 2.24) is 4.90 Å². The van der Waals surface area contributed by atoms with Crippen LogP contribution in [-0.4, -0.2) is 38.1 Å². The third-order valence-electron chi connectivity index (χ3n) is 3.12. The quantitative estimate of drug-likeness (QED) is 0.783. The van der Waals surface area contributed by atoms with Crippen LogP contribution in [0.25, 0.3) is 0 Å². The van der Waals surface area contributed by atoms with Crippen LogP contribution in [0.1, 0.15) is 5.56 Å². The first kappa shape index (κ1) is 13.7. The second kappa shape index (κ2) is 5.09. The Bertz CT molecular complexity index is 426. The van der Waals surface area contributed by atoms with Crippen molar-refractivity contribution >= 4 is 21.6 Å². The number of benzene rings is 1. The predicted molar refractivity (Wildman–Crippen MR) is 68.9 cm³/mol. The standard InChI is InChI=1S/C12H14BrF3N2/c1-17-4-6-18(7-5-17)11-3-2-9(8-10(11)13)12(14,15)16/h2-3,8H,4-7H2,1H3. The number of rotatable bonds is 1. The molecular formula is C12H14BrF3N2. The molecule has 1 aliphatic rings. The van der Waals surface area contributed by atoms with Crippen molar-refractivity contribution in [1.29, 1.82) is 0 Å². The molecule has 0 atom stereocenters. The Morgan fingerprint density at radius 1 is 1.11 bits per heavy atom. The van der Waals surface area contributed by atoms with Gasteiger partial charge in [0.25, 0.3) is 0 Å². The molecule has 0 bridgehead atoms. The van der Waals surface area contributed by atoms with Gasteiger partial charge in [0.15, 0.2) is 0 Å². The fraction of sp³-hybridized carbons (Fsp3) is 0.500. The molecule has 1 aromatic rings. The van der Waals surface area contributed by atoms with Crippen molar-refractivity contribution in [2.45, 2.75) is 6.18 Å². The summed E-state index contributed by atoms with van der Waals surface area (Å²) in [7, 11) is 2.04. The Morgan fingerprint density at radius 3 is 2.22 bits per heavy atom. The Hall–Kier alpha value is -0.750. The molecule has 2 nitrogen and oxygen atoms in total. The fourth-order valence-corrected chi connectivity index (χ4v) is 2.62. The SMILES string of the molecule is CN1CCN(c2ccc(C(F)(F)F)cc2Br)CC1. The van der Waals surface area contributed by atoms with Crippen LogP contribution in [-0.2, 0) is 6.18 Å². The monoisotopic (exact) mass is 322 g/mol. The highest BCUT2D eigenvalue weighted by Gasteiger charge is 2.31. The zero-order valence-electron chi connectivity index (χ0n) is 9.97. The largest absolute Gasteiger partial charge is 0.416 e. The van der Waals surface area contributed by atoms with E-state index in [1.807, 2.05) is 7.05 Å². The highest BCUT2D eigenvalue weighted by molar-refractivity contribution is 9.10. The molecule has 0 amide bonds. The first-order valence-corrected chi connectivity index (χ1v) is 6.47. The molecule has 1 saturated heterocycles. The molecule has 0 radical (unpaired) electrons. The summed E-state index contributed by atoms with van der Waals surface area (Å²) in [5.74, 6) is 0. The summed E-state index contributed by atoms with van der Waals surface area (Å²) < 4.78 is 38.2. The van der Waals surface area contributed by atoms with Crippen molar-refractivity contribution in [3.8, 4) is 0 Å². The van der Waals surface area contributed by atoms with E-state index < -0.39 is 11.7 Å². The predicted octanol–water partition coefficient (Wildman–Crippen LogP) is 3.22. The van der Waals surface area contributed by atoms with E-state index in [0.717, 1.165) is 44.0 Å². The Morgan fingerprint density at radius 2 is 1.72 bits per heavy atom. The van der Waals surface area contributed by atoms with Crippen LogP contribution in [0.3, 0.4) is 0 Å². The number of nitrogens with zero attached hydrogens (tertiary/aromatic N) is 2. The molecule has 6 heteroatoms. The molecule has 0 N–H and O–H groups in total. The number of hydrogen-bond donors (Lipinski definition) is 0. The van der Waals surface area contributed by atoms with Crippen LogP contribution in [0, 0.1) is 0 Å². The zero-order valence-corrected chi connectivity index (χ0v) is 11.6. The van der Waals surface area contributed by atoms with Crippen LogP contribution in [0.2, 0.25) is 0 Å². The number of piperazine rings is 1. The second-order valence-corrected chi connectivity index (χ2v) is 5.31. The molecular weight excluding hydrogens is 309 g/mol. The second-order valence-electron chi connectivity index (χ2n) is 4.45. The minimum atomic E-state index is -4.29. The Labute approximate surface area is 112 Å². The molecule has 0 aliphatic carbocycles. The number of halogens is 4. The van der Waals surface area contributed by atoms with Gasteiger partial charge in [-0.25, -0.2) is 0 Å². The van der Waals surface area contributed by atoms with Gasteiger partial charge in [-0.3, -0.25) is 0 Å². The van der Waals surface area contributed by atoms with Crippen LogP contribution in [0.4, 0.5) is 18.9 Å². The maximum atomic E-state index is 12.6. The van der Waals surface area contributed by atoms with Crippen LogP contribution in [0.5, 0.6) is 0 Å². The van der Waals surface area contributed by atoms with E-state index in [0.29, 0.717) is 4.47 Å². The summed E-state index contributed by atoms with van der Waals surface area (Å²) in [5, 5.41) is 0. The van der Waals surface area contributed by atoms with Gasteiger partial charge in [-0.15, -0.1) is 0 Å². The van der Waals surface area contributed by atoms with Gasteiger partial charge in [-0.05, 0) is 41.2 Å². The molecule has 1 fully saturated rings. The third-order valence-corrected chi connectivity index (χ3v) is 3.75. The van der Waals surface area contributed by atoms with Gasteiger partial charge < -0.3 is 9.80 Å². The number of hydrogen-bond acceptors (Lipinski definition) is 2. The molecule has 100 valence electrons. The summed E-state index contributed by atoms with van der Waals surface area (Å²) in [5.41, 5.74) is 0.211. The highest BCUT2D eigenvalue weighted by Crippen LogP contribution is 2.35. The van der Waals surface area contributed by atoms with E-state index in [4.69, 9.17) is 0 Å². The molecule has 0 saturated carbocycles. The fourth-order valence-electron chi connectivity index (χ4n) is 1.99. The van der Waals surface area contributed by atoms with Gasteiger partial charge in [0.05, 0.1) is 11.3 Å². The average Bonchev–Trinajstić information content (AvgIpc) is 2.29. The number of alkyl halides is 3. The minimum Gasteiger partial charge on any atom is -0.368 e. The van der Waals surface area contributed by atoms with E-state index in [-0.39, 0.29) is 0 Å². The van der Waals surface area contributed by atoms with Crippen molar-refractivity contribution in [3.63, 3.8) is 0 Å². The lowest BCUT2D eigenvalue weighted by atomic mass is 10.1. The normalized spacial score (nSPS) is 18.2. The maximum Gasteiger partial charge on any atom is 0.416 e. The van der Waals surface area contributed by atoms with E-state index in [9.17, 15) is 13.2 Å². The lowest BCUT2D eigenvalue weighted by Crippen LogP contribution is -2.44. The smallest absolute Gasteiger partial charge is 0.368 e. The van der Waals surface area contributed by atoms with Crippen LogP contribution in [0.15, 0.2) is 22.7 Å². The Balaban J connectivity index is 2.20. The molecule has 0 spiro atoms. The minimum absolute atomic E-state index is 0.502. The maximum absolute atomic E-state index is 12.6. The summed E-state index contributed by atoms with van der Waals surface area (Å²) in [4.78, 5) is 4.30. The number of anilines is 1. The van der Waals surface area contributed by atoms with E-state index in [2.05, 4.69) is 25.7 Å². The van der Waals surface area contributed by atoms with E-state index >= 15 is 0 Å². The van der Waals surface area contributed by atoms with Gasteiger partial charge in [0.1, 0.15) is 0 Å². The van der Waals surface area contributed by atoms with Crippen molar-refractivity contribution in [2.24, 2.45) is 0 Å². The highest BCUT2D eigenvalue weighted by atomic mass is 79.9. The summed E-state index contributed by atoms with van der Waals surface area (Å²) >= 11 is 3.23. The first-order valence-electron chi connectivity index (χ1n) is 5.68. The first-order chi connectivity index (χ1) is 8.38. The lowest BCUT2D eigenvalue weighted by molar-refractivity contribution is -0.137. The zero-order chi connectivity index (χ0) is 13.3. The molecule has 18 heavy (non-hydrogen) atoms. The Kier molecular flexibility index (Phi) is 3.87. The summed E-state index contributed by atoms with van der Waals surface area (Å²) in [6, 6.07) is 3.82.